The smallest absolute Gasteiger partial charge is 0.244 e. The largest absolute Gasteiger partial charge is 0.325 e. The molecule has 1 fully saturated rings. The van der Waals surface area contributed by atoms with Crippen LogP contribution < -0.4 is 10.2 Å². The maximum atomic E-state index is 13.0. The summed E-state index contributed by atoms with van der Waals surface area (Å²) >= 11 is 0. The van der Waals surface area contributed by atoms with Gasteiger partial charge in [0.25, 0.3) is 0 Å². The van der Waals surface area contributed by atoms with Gasteiger partial charge in [-0.3, -0.25) is 9.59 Å². The quantitative estimate of drug-likeness (QED) is 0.862. The van der Waals surface area contributed by atoms with Crippen molar-refractivity contribution in [2.45, 2.75) is 31.6 Å². The van der Waals surface area contributed by atoms with Gasteiger partial charge < -0.3 is 10.2 Å². The van der Waals surface area contributed by atoms with Gasteiger partial charge in [-0.05, 0) is 67.1 Å². The Balaban J connectivity index is 1.66. The Morgan fingerprint density at radius 2 is 1.92 bits per heavy atom. The highest BCUT2D eigenvalue weighted by Crippen LogP contribution is 2.45. The molecule has 1 N–H and O–H groups in total. The predicted molar refractivity (Wildman–Crippen MR) is 94.2 cm³/mol. The van der Waals surface area contributed by atoms with Crippen molar-refractivity contribution in [2.24, 2.45) is 0 Å². The van der Waals surface area contributed by atoms with Crippen LogP contribution in [-0.4, -0.2) is 18.4 Å². The van der Waals surface area contributed by atoms with E-state index >= 15 is 0 Å². The van der Waals surface area contributed by atoms with Crippen LogP contribution in [0.5, 0.6) is 0 Å². The van der Waals surface area contributed by atoms with Gasteiger partial charge in [-0.2, -0.15) is 0 Å². The summed E-state index contributed by atoms with van der Waals surface area (Å²) in [5.74, 6) is -1.24. The second kappa shape index (κ2) is 5.99. The van der Waals surface area contributed by atoms with Crippen LogP contribution in [-0.2, 0) is 9.59 Å². The summed E-state index contributed by atoms with van der Waals surface area (Å²) < 4.78 is 13.0. The number of benzene rings is 2. The first-order valence-electron chi connectivity index (χ1n) is 8.60. The molecule has 2 amide bonds. The summed E-state index contributed by atoms with van der Waals surface area (Å²) in [5, 5.41) is 2.74. The second-order valence-corrected chi connectivity index (χ2v) is 6.60. The molecule has 2 aliphatic rings. The summed E-state index contributed by atoms with van der Waals surface area (Å²) in [6.45, 7) is 2.42. The monoisotopic (exact) mass is 338 g/mol. The molecule has 1 atom stereocenters. The minimum absolute atomic E-state index is 0.204. The first-order chi connectivity index (χ1) is 12.1. The fourth-order valence-electron chi connectivity index (χ4n) is 3.46. The number of likely N-dealkylation sites (N-methyl/N-ethyl adjacent to an activating group) is 1. The third-order valence-electron chi connectivity index (χ3n) is 4.91. The summed E-state index contributed by atoms with van der Waals surface area (Å²) in [5.41, 5.74) is 3.27. The summed E-state index contributed by atoms with van der Waals surface area (Å²) in [4.78, 5) is 27.2. The van der Waals surface area contributed by atoms with E-state index in [2.05, 4.69) is 11.4 Å². The van der Waals surface area contributed by atoms with Crippen LogP contribution >= 0.6 is 0 Å². The van der Waals surface area contributed by atoms with Crippen molar-refractivity contribution in [3.05, 3.63) is 59.4 Å². The molecular weight excluding hydrogens is 319 g/mol. The minimum atomic E-state index is -0.848. The van der Waals surface area contributed by atoms with E-state index in [9.17, 15) is 14.0 Å². The predicted octanol–water partition coefficient (Wildman–Crippen LogP) is 3.79. The molecule has 4 nitrogen and oxygen atoms in total. The molecule has 25 heavy (non-hydrogen) atoms. The number of nitrogens with zero attached hydrogens (tertiary/aromatic N) is 1. The van der Waals surface area contributed by atoms with Gasteiger partial charge in [-0.15, -0.1) is 0 Å². The molecule has 2 aromatic carbocycles. The number of fused-ring (bicyclic) bond motifs is 1. The Morgan fingerprint density at radius 3 is 2.56 bits per heavy atom. The van der Waals surface area contributed by atoms with Gasteiger partial charge in [-0.25, -0.2) is 4.39 Å². The van der Waals surface area contributed by atoms with Gasteiger partial charge in [0.05, 0.1) is 0 Å². The van der Waals surface area contributed by atoms with E-state index in [0.29, 0.717) is 18.2 Å². The zero-order valence-corrected chi connectivity index (χ0v) is 14.0. The minimum Gasteiger partial charge on any atom is -0.325 e. The zero-order valence-electron chi connectivity index (χ0n) is 14.0. The maximum absolute atomic E-state index is 13.0. The van der Waals surface area contributed by atoms with Crippen LogP contribution in [0.25, 0.3) is 0 Å². The third kappa shape index (κ3) is 2.80. The first-order valence-corrected chi connectivity index (χ1v) is 8.60. The van der Waals surface area contributed by atoms with Crippen LogP contribution in [0.4, 0.5) is 15.8 Å². The molecule has 1 heterocycles. The van der Waals surface area contributed by atoms with Gasteiger partial charge in [-0.1, -0.05) is 12.1 Å². The molecule has 0 saturated heterocycles. The van der Waals surface area contributed by atoms with E-state index in [1.807, 2.05) is 19.1 Å². The molecule has 0 spiro atoms. The SMILES string of the molecule is CCN1C(=O)C(C(=O)Nc2ccc(F)cc2)c2cc(C3CC3)ccc21. The Bertz CT molecular complexity index is 843. The maximum Gasteiger partial charge on any atom is 0.244 e. The highest BCUT2D eigenvalue weighted by atomic mass is 19.1. The van der Waals surface area contributed by atoms with Crippen LogP contribution in [0.15, 0.2) is 42.5 Å². The average Bonchev–Trinajstić information content (AvgIpc) is 3.40. The number of carbonyl (C=O) groups is 2. The number of halogens is 1. The van der Waals surface area contributed by atoms with Crippen LogP contribution in [0.3, 0.4) is 0 Å². The van der Waals surface area contributed by atoms with E-state index in [-0.39, 0.29) is 17.6 Å². The van der Waals surface area contributed by atoms with Crippen LogP contribution in [0, 0.1) is 5.82 Å². The van der Waals surface area contributed by atoms with Crippen molar-refractivity contribution >= 4 is 23.2 Å². The summed E-state index contributed by atoms with van der Waals surface area (Å²) in [7, 11) is 0. The van der Waals surface area contributed by atoms with Gasteiger partial charge in [0.1, 0.15) is 11.7 Å². The number of rotatable bonds is 4. The van der Waals surface area contributed by atoms with E-state index in [1.54, 1.807) is 4.90 Å². The number of nitrogens with one attached hydrogen (secondary N) is 1. The standard InChI is InChI=1S/C20H19FN2O2/c1-2-23-17-10-5-13(12-3-4-12)11-16(17)18(20(23)25)19(24)22-15-8-6-14(21)7-9-15/h5-12,18H,2-4H2,1H3,(H,22,24). The molecule has 4 rings (SSSR count). The van der Waals surface area contributed by atoms with E-state index in [0.717, 1.165) is 24.1 Å². The number of anilines is 2. The van der Waals surface area contributed by atoms with Gasteiger partial charge in [0.2, 0.25) is 11.8 Å². The van der Waals surface area contributed by atoms with E-state index in [1.165, 1.54) is 29.8 Å². The Morgan fingerprint density at radius 1 is 1.20 bits per heavy atom. The van der Waals surface area contributed by atoms with Crippen LogP contribution in [0.1, 0.15) is 42.7 Å². The molecule has 128 valence electrons. The Kier molecular flexibility index (Phi) is 3.79. The number of amides is 2. The first kappa shape index (κ1) is 15.8. The van der Waals surface area contributed by atoms with E-state index in [4.69, 9.17) is 0 Å². The molecule has 0 bridgehead atoms. The van der Waals surface area contributed by atoms with Crippen molar-refractivity contribution in [1.82, 2.24) is 0 Å². The zero-order chi connectivity index (χ0) is 17.6. The lowest BCUT2D eigenvalue weighted by molar-refractivity contribution is -0.126. The molecule has 0 radical (unpaired) electrons. The molecule has 2 aromatic rings. The Labute approximate surface area is 145 Å². The number of carbonyl (C=O) groups excluding carboxylic acids is 2. The summed E-state index contributed by atoms with van der Waals surface area (Å²) in [6, 6.07) is 11.6. The average molecular weight is 338 g/mol. The lowest BCUT2D eigenvalue weighted by Crippen LogP contribution is -2.33. The molecule has 5 heteroatoms. The van der Waals surface area contributed by atoms with Crippen molar-refractivity contribution in [2.75, 3.05) is 16.8 Å². The molecule has 1 unspecified atom stereocenters. The van der Waals surface area contributed by atoms with Crippen molar-refractivity contribution in [1.29, 1.82) is 0 Å². The molecule has 0 aromatic heterocycles. The fraction of sp³-hybridized carbons (Fsp3) is 0.300. The third-order valence-corrected chi connectivity index (χ3v) is 4.91. The van der Waals surface area contributed by atoms with Crippen LogP contribution in [0.2, 0.25) is 0 Å². The summed E-state index contributed by atoms with van der Waals surface area (Å²) in [6.07, 6.45) is 2.33. The molecule has 1 saturated carbocycles. The topological polar surface area (TPSA) is 49.4 Å². The molecule has 1 aliphatic heterocycles. The van der Waals surface area contributed by atoms with Gasteiger partial charge >= 0.3 is 0 Å². The van der Waals surface area contributed by atoms with Crippen molar-refractivity contribution in [3.8, 4) is 0 Å². The lowest BCUT2D eigenvalue weighted by Gasteiger charge is -2.15. The van der Waals surface area contributed by atoms with Crippen molar-refractivity contribution in [3.63, 3.8) is 0 Å². The van der Waals surface area contributed by atoms with Gasteiger partial charge in [0, 0.05) is 17.9 Å². The molecular formula is C20H19FN2O2. The lowest BCUT2D eigenvalue weighted by atomic mass is 9.96. The number of hydrogen-bond acceptors (Lipinski definition) is 2. The normalized spacial score (nSPS) is 19.0. The van der Waals surface area contributed by atoms with Gasteiger partial charge in [0.15, 0.2) is 0 Å². The second-order valence-electron chi connectivity index (χ2n) is 6.60. The highest BCUT2D eigenvalue weighted by molar-refractivity contribution is 6.20. The Hall–Kier alpha value is -2.69. The number of hydrogen-bond donors (Lipinski definition) is 1. The molecule has 1 aliphatic carbocycles. The highest BCUT2D eigenvalue weighted by Gasteiger charge is 2.42. The van der Waals surface area contributed by atoms with Crippen molar-refractivity contribution < 1.29 is 14.0 Å². The van der Waals surface area contributed by atoms with E-state index < -0.39 is 5.92 Å². The fourth-order valence-corrected chi connectivity index (χ4v) is 3.46.